The first-order chi connectivity index (χ1) is 12.8. The zero-order valence-corrected chi connectivity index (χ0v) is 16.8. The van der Waals surface area contributed by atoms with Gasteiger partial charge in [-0.2, -0.15) is 0 Å². The Balaban J connectivity index is 1.72. The number of hydrogen-bond donors (Lipinski definition) is 1. The van der Waals surface area contributed by atoms with E-state index < -0.39 is 16.0 Å². The third-order valence-corrected chi connectivity index (χ3v) is 4.83. The maximum atomic E-state index is 12.4. The van der Waals surface area contributed by atoms with Gasteiger partial charge in [0.1, 0.15) is 0 Å². The molecule has 0 aromatic heterocycles. The molecule has 0 aliphatic rings. The number of benzene rings is 3. The number of rotatable bonds is 4. The molecule has 0 aliphatic heterocycles. The highest BCUT2D eigenvalue weighted by molar-refractivity contribution is 6.68. The highest BCUT2D eigenvalue weighted by atomic mass is 35.6. The number of nitrogens with one attached hydrogen (secondary N) is 1. The van der Waals surface area contributed by atoms with Crippen LogP contribution in [0.5, 0.6) is 0 Å². The molecular formula is C21H18Cl3NO2. The number of hydrogen-bond acceptors (Lipinski definition) is 2. The van der Waals surface area contributed by atoms with Crippen molar-refractivity contribution in [2.24, 2.45) is 0 Å². The zero-order valence-electron chi connectivity index (χ0n) is 14.5. The Morgan fingerprint density at radius 1 is 0.889 bits per heavy atom. The van der Waals surface area contributed by atoms with Crippen molar-refractivity contribution in [2.45, 2.75) is 22.9 Å². The lowest BCUT2D eigenvalue weighted by Crippen LogP contribution is -2.32. The third-order valence-electron chi connectivity index (χ3n) is 4.23. The lowest BCUT2D eigenvalue weighted by Gasteiger charge is -2.26. The third kappa shape index (κ3) is 5.07. The highest BCUT2D eigenvalue weighted by Gasteiger charge is 2.37. The van der Waals surface area contributed by atoms with E-state index in [0.29, 0.717) is 5.56 Å². The van der Waals surface area contributed by atoms with Gasteiger partial charge < -0.3 is 10.1 Å². The van der Waals surface area contributed by atoms with Crippen LogP contribution in [0, 0.1) is 0 Å². The molecule has 0 saturated heterocycles. The minimum atomic E-state index is -1.79. The Hall–Kier alpha value is -1.94. The maximum absolute atomic E-state index is 12.4. The molecular weight excluding hydrogens is 405 g/mol. The molecule has 0 bridgehead atoms. The second-order valence-electron chi connectivity index (χ2n) is 6.21. The van der Waals surface area contributed by atoms with Crippen LogP contribution in [0.1, 0.15) is 30.2 Å². The molecule has 0 spiro atoms. The van der Waals surface area contributed by atoms with Gasteiger partial charge in [-0.3, -0.25) is 0 Å². The molecule has 0 saturated carbocycles. The van der Waals surface area contributed by atoms with E-state index in [1.54, 1.807) is 24.3 Å². The van der Waals surface area contributed by atoms with E-state index in [0.717, 1.165) is 16.3 Å². The normalized spacial score (nSPS) is 13.8. The SMILES string of the molecule is C[C@@H](NC(=O)O[C@H](c1ccccc1)C(Cl)(Cl)Cl)c1ccc2ccccc2c1. The molecule has 1 N–H and O–H groups in total. The van der Waals surface area contributed by atoms with Crippen LogP contribution >= 0.6 is 34.8 Å². The van der Waals surface area contributed by atoms with Crippen molar-refractivity contribution in [1.82, 2.24) is 5.32 Å². The van der Waals surface area contributed by atoms with Crippen LogP contribution in [0.3, 0.4) is 0 Å². The lowest BCUT2D eigenvalue weighted by molar-refractivity contribution is 0.0966. The van der Waals surface area contributed by atoms with Crippen molar-refractivity contribution in [3.05, 3.63) is 83.9 Å². The van der Waals surface area contributed by atoms with E-state index >= 15 is 0 Å². The average molecular weight is 423 g/mol. The summed E-state index contributed by atoms with van der Waals surface area (Å²) in [5.41, 5.74) is 1.56. The van der Waals surface area contributed by atoms with Gasteiger partial charge in [0.25, 0.3) is 0 Å². The maximum Gasteiger partial charge on any atom is 0.408 e. The average Bonchev–Trinajstić information content (AvgIpc) is 2.65. The van der Waals surface area contributed by atoms with Crippen LogP contribution < -0.4 is 5.32 Å². The number of alkyl carbamates (subject to hydrolysis) is 1. The summed E-state index contributed by atoms with van der Waals surface area (Å²) >= 11 is 18.1. The van der Waals surface area contributed by atoms with Gasteiger partial charge in [-0.05, 0) is 34.9 Å². The van der Waals surface area contributed by atoms with Crippen molar-refractivity contribution in [3.63, 3.8) is 0 Å². The van der Waals surface area contributed by atoms with Crippen LogP contribution in [0.25, 0.3) is 10.8 Å². The first-order valence-electron chi connectivity index (χ1n) is 8.42. The van der Waals surface area contributed by atoms with Crippen LogP contribution in [0.2, 0.25) is 0 Å². The number of halogens is 3. The predicted molar refractivity (Wildman–Crippen MR) is 111 cm³/mol. The smallest absolute Gasteiger partial charge is 0.408 e. The van der Waals surface area contributed by atoms with Crippen LogP contribution in [-0.2, 0) is 4.74 Å². The van der Waals surface area contributed by atoms with E-state index in [9.17, 15) is 4.79 Å². The molecule has 27 heavy (non-hydrogen) atoms. The number of ether oxygens (including phenoxy) is 1. The van der Waals surface area contributed by atoms with Gasteiger partial charge in [-0.1, -0.05) is 102 Å². The molecule has 3 rings (SSSR count). The minimum Gasteiger partial charge on any atom is -0.437 e. The molecule has 6 heteroatoms. The molecule has 140 valence electrons. The summed E-state index contributed by atoms with van der Waals surface area (Å²) in [4.78, 5) is 12.4. The largest absolute Gasteiger partial charge is 0.437 e. The molecule has 0 heterocycles. The molecule has 1 amide bonds. The molecule has 3 aromatic rings. The second-order valence-corrected chi connectivity index (χ2v) is 8.58. The molecule has 0 radical (unpaired) electrons. The molecule has 0 unspecified atom stereocenters. The fourth-order valence-electron chi connectivity index (χ4n) is 2.83. The summed E-state index contributed by atoms with van der Waals surface area (Å²) in [6.45, 7) is 1.87. The van der Waals surface area contributed by atoms with Gasteiger partial charge in [0.2, 0.25) is 3.79 Å². The summed E-state index contributed by atoms with van der Waals surface area (Å²) in [6, 6.07) is 22.7. The number of amides is 1. The Morgan fingerprint density at radius 3 is 2.19 bits per heavy atom. The van der Waals surface area contributed by atoms with Gasteiger partial charge in [-0.15, -0.1) is 0 Å². The number of alkyl halides is 3. The van der Waals surface area contributed by atoms with Crippen molar-refractivity contribution >= 4 is 51.7 Å². The van der Waals surface area contributed by atoms with E-state index in [-0.39, 0.29) is 6.04 Å². The van der Waals surface area contributed by atoms with E-state index in [1.807, 2.05) is 55.5 Å². The second kappa shape index (κ2) is 8.39. The standard InChI is InChI=1S/C21H18Cl3NO2/c1-14(17-12-11-15-7-5-6-10-18(15)13-17)25-20(26)27-19(21(22,23)24)16-8-3-2-4-9-16/h2-14,19H,1H3,(H,25,26)/t14-,19-/m1/s1. The molecule has 2 atom stereocenters. The van der Waals surface area contributed by atoms with Gasteiger partial charge in [0.15, 0.2) is 6.10 Å². The first kappa shape index (κ1) is 19.8. The van der Waals surface area contributed by atoms with Gasteiger partial charge >= 0.3 is 6.09 Å². The zero-order chi connectivity index (χ0) is 19.4. The van der Waals surface area contributed by atoms with E-state index in [2.05, 4.69) is 5.32 Å². The van der Waals surface area contributed by atoms with Gasteiger partial charge in [0, 0.05) is 0 Å². The number of carbonyl (C=O) groups is 1. The fourth-order valence-corrected chi connectivity index (χ4v) is 3.34. The predicted octanol–water partition coefficient (Wildman–Crippen LogP) is 6.74. The van der Waals surface area contributed by atoms with Crippen LogP contribution in [0.15, 0.2) is 72.8 Å². The number of fused-ring (bicyclic) bond motifs is 1. The van der Waals surface area contributed by atoms with Crippen molar-refractivity contribution in [2.75, 3.05) is 0 Å². The molecule has 0 aliphatic carbocycles. The number of carbonyl (C=O) groups excluding carboxylic acids is 1. The van der Waals surface area contributed by atoms with E-state index in [4.69, 9.17) is 39.5 Å². The summed E-state index contributed by atoms with van der Waals surface area (Å²) in [5.74, 6) is 0. The van der Waals surface area contributed by atoms with Crippen molar-refractivity contribution < 1.29 is 9.53 Å². The topological polar surface area (TPSA) is 38.3 Å². The summed E-state index contributed by atoms with van der Waals surface area (Å²) < 4.78 is 3.65. The summed E-state index contributed by atoms with van der Waals surface area (Å²) in [7, 11) is 0. The van der Waals surface area contributed by atoms with Crippen molar-refractivity contribution in [3.8, 4) is 0 Å². The minimum absolute atomic E-state index is 0.270. The quantitative estimate of drug-likeness (QED) is 0.473. The van der Waals surface area contributed by atoms with Crippen LogP contribution in [0.4, 0.5) is 4.79 Å². The van der Waals surface area contributed by atoms with Gasteiger partial charge in [-0.25, -0.2) is 4.79 Å². The Labute approximate surface area is 173 Å². The molecule has 3 aromatic carbocycles. The lowest BCUT2D eigenvalue weighted by atomic mass is 10.0. The summed E-state index contributed by atoms with van der Waals surface area (Å²) in [6.07, 6.45) is -1.68. The van der Waals surface area contributed by atoms with Crippen molar-refractivity contribution in [1.29, 1.82) is 0 Å². The molecule has 3 nitrogen and oxygen atoms in total. The van der Waals surface area contributed by atoms with Gasteiger partial charge in [0.05, 0.1) is 6.04 Å². The Morgan fingerprint density at radius 2 is 1.52 bits per heavy atom. The van der Waals surface area contributed by atoms with Crippen LogP contribution in [-0.4, -0.2) is 9.89 Å². The monoisotopic (exact) mass is 421 g/mol. The summed E-state index contributed by atoms with van der Waals surface area (Å²) in [5, 5.41) is 5.03. The fraction of sp³-hybridized carbons (Fsp3) is 0.190. The molecule has 0 fully saturated rings. The highest BCUT2D eigenvalue weighted by Crippen LogP contribution is 2.42. The van der Waals surface area contributed by atoms with E-state index in [1.165, 1.54) is 0 Å². The Bertz CT molecular complexity index is 925. The first-order valence-corrected chi connectivity index (χ1v) is 9.55. The Kier molecular flexibility index (Phi) is 6.15.